The van der Waals surface area contributed by atoms with Crippen molar-refractivity contribution in [3.63, 3.8) is 0 Å². The molecule has 0 saturated carbocycles. The third-order valence-electron chi connectivity index (χ3n) is 4.35. The third kappa shape index (κ3) is 8.70. The highest BCUT2D eigenvalue weighted by molar-refractivity contribution is 7.98. The summed E-state index contributed by atoms with van der Waals surface area (Å²) in [7, 11) is -4.97. The number of nitrogens with zero attached hydrogens (tertiary/aromatic N) is 1. The summed E-state index contributed by atoms with van der Waals surface area (Å²) in [4.78, 5) is 11.2. The van der Waals surface area contributed by atoms with E-state index in [1.165, 1.54) is 18.0 Å². The molecule has 2 rings (SSSR count). The van der Waals surface area contributed by atoms with Gasteiger partial charge in [-0.15, -0.1) is 0 Å². The van der Waals surface area contributed by atoms with Gasteiger partial charge in [-0.1, -0.05) is 23.7 Å². The van der Waals surface area contributed by atoms with E-state index in [0.29, 0.717) is 10.6 Å². The maximum Gasteiger partial charge on any atom is 0.416 e. The van der Waals surface area contributed by atoms with Gasteiger partial charge in [0.2, 0.25) is 10.0 Å². The van der Waals surface area contributed by atoms with E-state index in [9.17, 15) is 39.6 Å². The molecule has 0 aliphatic carbocycles. The highest BCUT2D eigenvalue weighted by Crippen LogP contribution is 2.37. The summed E-state index contributed by atoms with van der Waals surface area (Å²) in [6.45, 7) is 0. The van der Waals surface area contributed by atoms with Crippen LogP contribution in [0.2, 0.25) is 5.02 Å². The number of carbonyl (C=O) groups excluding carboxylic acids is 1. The fourth-order valence-electron chi connectivity index (χ4n) is 2.61. The molecule has 6 nitrogen and oxygen atoms in total. The van der Waals surface area contributed by atoms with Crippen LogP contribution in [0.4, 0.5) is 26.3 Å². The number of hydrogen-bond acceptors (Lipinski definition) is 5. The van der Waals surface area contributed by atoms with E-state index in [2.05, 4.69) is 10.5 Å². The van der Waals surface area contributed by atoms with Gasteiger partial charge in [0.25, 0.3) is 5.91 Å². The van der Waals surface area contributed by atoms with Crippen molar-refractivity contribution in [1.82, 2.24) is 10.1 Å². The number of thioether (sulfide) groups is 1. The van der Waals surface area contributed by atoms with Crippen molar-refractivity contribution in [2.24, 2.45) is 5.10 Å². The van der Waals surface area contributed by atoms with Crippen molar-refractivity contribution in [1.29, 1.82) is 0 Å². The monoisotopic (exact) mass is 561 g/mol. The lowest BCUT2D eigenvalue weighted by atomic mass is 10.1. The first-order valence-electron chi connectivity index (χ1n) is 9.53. The topological polar surface area (TPSA) is 87.6 Å². The fraction of sp³-hybridized carbons (Fsp3) is 0.300. The maximum absolute atomic E-state index is 13.1. The van der Waals surface area contributed by atoms with Crippen molar-refractivity contribution < 1.29 is 39.6 Å². The van der Waals surface area contributed by atoms with Crippen LogP contribution < -0.4 is 10.1 Å². The van der Waals surface area contributed by atoms with E-state index in [1.54, 1.807) is 30.5 Å². The maximum atomic E-state index is 13.1. The number of sulfonamides is 1. The molecule has 0 radical (unpaired) electrons. The lowest BCUT2D eigenvalue weighted by molar-refractivity contribution is -0.143. The first-order valence-corrected chi connectivity index (χ1v) is 12.8. The molecule has 0 aromatic heterocycles. The van der Waals surface area contributed by atoms with Gasteiger partial charge in [-0.25, -0.2) is 13.8 Å². The predicted molar refractivity (Wildman–Crippen MR) is 121 cm³/mol. The Morgan fingerprint density at radius 1 is 1.06 bits per heavy atom. The van der Waals surface area contributed by atoms with Gasteiger partial charge in [0, 0.05) is 5.02 Å². The predicted octanol–water partition coefficient (Wildman–Crippen LogP) is 4.93. The molecular weight excluding hydrogens is 544 g/mol. The Kier molecular flexibility index (Phi) is 9.62. The zero-order valence-electron chi connectivity index (χ0n) is 17.7. The van der Waals surface area contributed by atoms with Crippen molar-refractivity contribution in [3.05, 3.63) is 64.2 Å². The SMILES string of the molecule is CSCC[C@H](NS(=O)(=O)c1cc(C(F)(F)F)cc(C(F)(F)F)c1)C(=O)N/N=C\c1ccc(Cl)cc1. The van der Waals surface area contributed by atoms with Crippen LogP contribution >= 0.6 is 23.4 Å². The quantitative estimate of drug-likeness (QED) is 0.258. The van der Waals surface area contributed by atoms with Gasteiger partial charge in [-0.05, 0) is 54.3 Å². The summed E-state index contributed by atoms with van der Waals surface area (Å²) in [5.74, 6) is -0.714. The van der Waals surface area contributed by atoms with Crippen LogP contribution in [0.3, 0.4) is 0 Å². The van der Waals surface area contributed by atoms with Crippen LogP contribution in [0.25, 0.3) is 0 Å². The second kappa shape index (κ2) is 11.6. The van der Waals surface area contributed by atoms with Crippen molar-refractivity contribution in [2.45, 2.75) is 29.7 Å². The molecule has 1 amide bonds. The van der Waals surface area contributed by atoms with Crippen LogP contribution in [0, 0.1) is 0 Å². The van der Waals surface area contributed by atoms with E-state index in [1.807, 2.05) is 4.72 Å². The highest BCUT2D eigenvalue weighted by Gasteiger charge is 2.38. The van der Waals surface area contributed by atoms with Crippen LogP contribution in [-0.2, 0) is 27.2 Å². The average Bonchev–Trinajstić information content (AvgIpc) is 2.76. The molecule has 0 spiro atoms. The van der Waals surface area contributed by atoms with Crippen molar-refractivity contribution >= 4 is 45.5 Å². The summed E-state index contributed by atoms with van der Waals surface area (Å²) in [6.07, 6.45) is -7.70. The minimum Gasteiger partial charge on any atom is -0.271 e. The van der Waals surface area contributed by atoms with Gasteiger partial charge in [-0.3, -0.25) is 4.79 Å². The normalized spacial score (nSPS) is 13.7. The zero-order chi connectivity index (χ0) is 26.4. The zero-order valence-corrected chi connectivity index (χ0v) is 20.1. The van der Waals surface area contributed by atoms with Crippen LogP contribution in [0.1, 0.15) is 23.1 Å². The van der Waals surface area contributed by atoms with E-state index >= 15 is 0 Å². The Bertz CT molecular complexity index is 1140. The second-order valence-corrected chi connectivity index (χ2v) is 10.1. The largest absolute Gasteiger partial charge is 0.416 e. The smallest absolute Gasteiger partial charge is 0.271 e. The first-order chi connectivity index (χ1) is 16.1. The number of hydrogen-bond donors (Lipinski definition) is 2. The minimum atomic E-state index is -5.24. The molecular formula is C20H18ClF6N3O3S2. The Hall–Kier alpha value is -2.29. The Labute approximate surface area is 206 Å². The third-order valence-corrected chi connectivity index (χ3v) is 6.70. The average molecular weight is 562 g/mol. The van der Waals surface area contributed by atoms with Crippen LogP contribution in [0.15, 0.2) is 52.5 Å². The van der Waals surface area contributed by atoms with Gasteiger partial charge in [-0.2, -0.15) is 47.9 Å². The molecule has 0 unspecified atom stereocenters. The Morgan fingerprint density at radius 2 is 1.60 bits per heavy atom. The summed E-state index contributed by atoms with van der Waals surface area (Å²) >= 11 is 7.00. The molecule has 2 aromatic rings. The van der Waals surface area contributed by atoms with E-state index < -0.39 is 50.3 Å². The van der Waals surface area contributed by atoms with E-state index in [-0.39, 0.29) is 30.4 Å². The number of carbonyl (C=O) groups is 1. The lowest BCUT2D eigenvalue weighted by Crippen LogP contribution is -2.45. The van der Waals surface area contributed by atoms with Gasteiger partial charge >= 0.3 is 12.4 Å². The van der Waals surface area contributed by atoms with Crippen LogP contribution in [-0.4, -0.2) is 38.6 Å². The summed E-state index contributed by atoms with van der Waals surface area (Å²) in [5.41, 5.74) is -0.958. The summed E-state index contributed by atoms with van der Waals surface area (Å²) in [6, 6.07) is 4.70. The van der Waals surface area contributed by atoms with E-state index in [4.69, 9.17) is 11.6 Å². The number of alkyl halides is 6. The molecule has 2 N–H and O–H groups in total. The Balaban J connectivity index is 2.32. The Morgan fingerprint density at radius 3 is 2.09 bits per heavy atom. The first kappa shape index (κ1) is 28.9. The fourth-order valence-corrected chi connectivity index (χ4v) is 4.51. The van der Waals surface area contributed by atoms with Crippen LogP contribution in [0.5, 0.6) is 0 Å². The standard InChI is InChI=1S/C20H18ClF6N3O3S2/c1-34-7-6-17(18(31)29-28-11-12-2-4-15(21)5-3-12)30-35(32,33)16-9-13(19(22,23)24)8-14(10-16)20(25,26)27/h2-5,8-11,17,30H,6-7H2,1H3,(H,29,31)/b28-11-/t17-/m0/s1. The molecule has 0 saturated heterocycles. The number of rotatable bonds is 9. The minimum absolute atomic E-state index is 0.0692. The highest BCUT2D eigenvalue weighted by atomic mass is 35.5. The summed E-state index contributed by atoms with van der Waals surface area (Å²) < 4.78 is 106. The van der Waals surface area contributed by atoms with Crippen molar-refractivity contribution in [3.8, 4) is 0 Å². The molecule has 15 heteroatoms. The molecule has 0 aliphatic heterocycles. The molecule has 0 fully saturated rings. The molecule has 35 heavy (non-hydrogen) atoms. The molecule has 192 valence electrons. The van der Waals surface area contributed by atoms with Gasteiger partial charge < -0.3 is 0 Å². The number of hydrazone groups is 1. The second-order valence-electron chi connectivity index (χ2n) is 6.98. The number of halogens is 7. The number of amides is 1. The summed E-state index contributed by atoms with van der Waals surface area (Å²) in [5, 5.41) is 4.15. The molecule has 0 heterocycles. The molecule has 0 aliphatic rings. The number of nitrogens with one attached hydrogen (secondary N) is 2. The molecule has 0 bridgehead atoms. The lowest BCUT2D eigenvalue weighted by Gasteiger charge is -2.19. The number of benzene rings is 2. The van der Waals surface area contributed by atoms with Gasteiger partial charge in [0.15, 0.2) is 0 Å². The van der Waals surface area contributed by atoms with Gasteiger partial charge in [0.1, 0.15) is 6.04 Å². The molecule has 2 aromatic carbocycles. The van der Waals surface area contributed by atoms with E-state index in [0.717, 1.165) is 0 Å². The van der Waals surface area contributed by atoms with Gasteiger partial charge in [0.05, 0.1) is 22.2 Å². The molecule has 1 atom stereocenters. The van der Waals surface area contributed by atoms with Crippen molar-refractivity contribution in [2.75, 3.05) is 12.0 Å².